The van der Waals surface area contributed by atoms with Crippen molar-refractivity contribution in [2.24, 2.45) is 11.7 Å². The highest BCUT2D eigenvalue weighted by Gasteiger charge is 2.22. The van der Waals surface area contributed by atoms with Crippen molar-refractivity contribution in [1.82, 2.24) is 5.32 Å². The molecule has 4 nitrogen and oxygen atoms in total. The maximum atomic E-state index is 11.6. The second-order valence-corrected chi connectivity index (χ2v) is 8.03. The number of nitrogens with one attached hydrogen (secondary N) is 1. The predicted molar refractivity (Wildman–Crippen MR) is 112 cm³/mol. The minimum atomic E-state index is -0.608. The first-order chi connectivity index (χ1) is 12.5. The lowest BCUT2D eigenvalue weighted by Crippen LogP contribution is -2.44. The number of rotatable bonds is 19. The van der Waals surface area contributed by atoms with Crippen LogP contribution in [-0.4, -0.2) is 23.3 Å². The lowest BCUT2D eigenvalue weighted by molar-refractivity contribution is -0.123. The van der Waals surface area contributed by atoms with Crippen LogP contribution in [0.1, 0.15) is 117 Å². The van der Waals surface area contributed by atoms with Crippen molar-refractivity contribution in [2.45, 2.75) is 129 Å². The first-order valence-electron chi connectivity index (χ1n) is 11.2. The van der Waals surface area contributed by atoms with Gasteiger partial charge < -0.3 is 10.8 Å². The first kappa shape index (κ1) is 25.4. The van der Waals surface area contributed by atoms with E-state index in [2.05, 4.69) is 12.2 Å². The monoisotopic (exact) mass is 370 g/mol. The van der Waals surface area contributed by atoms with Gasteiger partial charge in [-0.25, -0.2) is 0 Å². The van der Waals surface area contributed by atoms with Crippen LogP contribution in [-0.2, 0) is 4.79 Å². The number of carbonyl (C=O) groups excluding carboxylic acids is 1. The average molecular weight is 371 g/mol. The van der Waals surface area contributed by atoms with Gasteiger partial charge in [-0.05, 0) is 20.3 Å². The first-order valence-corrected chi connectivity index (χ1v) is 11.2. The Morgan fingerprint density at radius 1 is 0.808 bits per heavy atom. The molecule has 4 heteroatoms. The standard InChI is InChI=1S/C22H46N2O2/c1-4-5-6-7-8-9-10-11-12-13-14-15-16-17-18-21(22(23)26)19(2)24-20(3)25/h19-21,24-25H,4-18H2,1-3H3,(H2,23,26). The number of unbranched alkanes of at least 4 members (excludes halogenated alkanes) is 13. The van der Waals surface area contributed by atoms with Crippen LogP contribution in [0.5, 0.6) is 0 Å². The van der Waals surface area contributed by atoms with E-state index in [1.165, 1.54) is 83.5 Å². The molecule has 3 atom stereocenters. The molecular formula is C22H46N2O2. The lowest BCUT2D eigenvalue weighted by atomic mass is 9.93. The van der Waals surface area contributed by atoms with Gasteiger partial charge in [0.2, 0.25) is 5.91 Å². The molecule has 0 aliphatic rings. The normalized spacial score (nSPS) is 14.9. The summed E-state index contributed by atoms with van der Waals surface area (Å²) in [4.78, 5) is 11.6. The fourth-order valence-corrected chi connectivity index (χ4v) is 3.69. The molecule has 3 unspecified atom stereocenters. The van der Waals surface area contributed by atoms with Crippen LogP contribution >= 0.6 is 0 Å². The van der Waals surface area contributed by atoms with E-state index in [1.807, 2.05) is 6.92 Å². The molecule has 1 amide bonds. The molecule has 0 radical (unpaired) electrons. The number of aliphatic hydroxyl groups is 1. The highest BCUT2D eigenvalue weighted by atomic mass is 16.3. The molecule has 0 aromatic rings. The smallest absolute Gasteiger partial charge is 0.222 e. The van der Waals surface area contributed by atoms with Crippen molar-refractivity contribution in [3.05, 3.63) is 0 Å². The van der Waals surface area contributed by atoms with Gasteiger partial charge in [0.15, 0.2) is 0 Å². The molecule has 0 aromatic heterocycles. The van der Waals surface area contributed by atoms with E-state index in [-0.39, 0.29) is 17.9 Å². The van der Waals surface area contributed by atoms with Crippen molar-refractivity contribution in [2.75, 3.05) is 0 Å². The van der Waals surface area contributed by atoms with Gasteiger partial charge in [-0.2, -0.15) is 0 Å². The quantitative estimate of drug-likeness (QED) is 0.214. The molecule has 4 N–H and O–H groups in total. The molecule has 26 heavy (non-hydrogen) atoms. The van der Waals surface area contributed by atoms with E-state index in [0.29, 0.717) is 0 Å². The van der Waals surface area contributed by atoms with Crippen LogP contribution in [0.15, 0.2) is 0 Å². The molecular weight excluding hydrogens is 324 g/mol. The SMILES string of the molecule is CCCCCCCCCCCCCCCCC(C(N)=O)C(C)NC(C)O. The summed E-state index contributed by atoms with van der Waals surface area (Å²) in [5.41, 5.74) is 5.51. The summed E-state index contributed by atoms with van der Waals surface area (Å²) >= 11 is 0. The van der Waals surface area contributed by atoms with E-state index in [4.69, 9.17) is 5.73 Å². The largest absolute Gasteiger partial charge is 0.379 e. The molecule has 0 aliphatic carbocycles. The van der Waals surface area contributed by atoms with Gasteiger partial charge in [-0.1, -0.05) is 96.8 Å². The number of aliphatic hydroxyl groups excluding tert-OH is 1. The zero-order valence-corrected chi connectivity index (χ0v) is 17.8. The topological polar surface area (TPSA) is 75.4 Å². The molecule has 0 aromatic carbocycles. The second kappa shape index (κ2) is 17.8. The molecule has 0 aliphatic heterocycles. The molecule has 156 valence electrons. The van der Waals surface area contributed by atoms with Crippen LogP contribution in [0, 0.1) is 5.92 Å². The number of hydrogen-bond donors (Lipinski definition) is 3. The molecule has 0 fully saturated rings. The molecule has 0 rings (SSSR count). The van der Waals surface area contributed by atoms with Gasteiger partial charge >= 0.3 is 0 Å². The zero-order valence-electron chi connectivity index (χ0n) is 17.8. The summed E-state index contributed by atoms with van der Waals surface area (Å²) in [6.07, 6.45) is 18.9. The Hall–Kier alpha value is -0.610. The van der Waals surface area contributed by atoms with Crippen LogP contribution in [0.2, 0.25) is 0 Å². The maximum absolute atomic E-state index is 11.6. The summed E-state index contributed by atoms with van der Waals surface area (Å²) < 4.78 is 0. The number of hydrogen-bond acceptors (Lipinski definition) is 3. The zero-order chi connectivity index (χ0) is 19.6. The minimum absolute atomic E-state index is 0.0746. The van der Waals surface area contributed by atoms with Gasteiger partial charge in [0, 0.05) is 6.04 Å². The fraction of sp³-hybridized carbons (Fsp3) is 0.955. The van der Waals surface area contributed by atoms with E-state index >= 15 is 0 Å². The Bertz CT molecular complexity index is 321. The van der Waals surface area contributed by atoms with Crippen molar-refractivity contribution >= 4 is 5.91 Å². The molecule has 0 saturated heterocycles. The van der Waals surface area contributed by atoms with Gasteiger partial charge in [0.1, 0.15) is 6.23 Å². The third-order valence-electron chi connectivity index (χ3n) is 5.34. The lowest BCUT2D eigenvalue weighted by Gasteiger charge is -2.23. The summed E-state index contributed by atoms with van der Waals surface area (Å²) in [5.74, 6) is -0.456. The highest BCUT2D eigenvalue weighted by Crippen LogP contribution is 2.17. The number of carbonyl (C=O) groups is 1. The molecule has 0 bridgehead atoms. The molecule has 0 saturated carbocycles. The van der Waals surface area contributed by atoms with Crippen LogP contribution in [0.3, 0.4) is 0 Å². The second-order valence-electron chi connectivity index (χ2n) is 8.03. The number of amides is 1. The predicted octanol–water partition coefficient (Wildman–Crippen LogP) is 5.28. The third kappa shape index (κ3) is 15.6. The molecule has 0 heterocycles. The summed E-state index contributed by atoms with van der Waals surface area (Å²) in [6, 6.07) is -0.0746. The number of primary amides is 1. The average Bonchev–Trinajstić information content (AvgIpc) is 2.57. The minimum Gasteiger partial charge on any atom is -0.379 e. The van der Waals surface area contributed by atoms with Gasteiger partial charge in [0.05, 0.1) is 5.92 Å². The van der Waals surface area contributed by atoms with Crippen molar-refractivity contribution in [1.29, 1.82) is 0 Å². The number of nitrogens with two attached hydrogens (primary N) is 1. The van der Waals surface area contributed by atoms with Crippen LogP contribution in [0.4, 0.5) is 0 Å². The van der Waals surface area contributed by atoms with E-state index in [0.717, 1.165) is 12.8 Å². The fourth-order valence-electron chi connectivity index (χ4n) is 3.69. The summed E-state index contributed by atoms with van der Waals surface area (Å²) in [5, 5.41) is 12.4. The maximum Gasteiger partial charge on any atom is 0.222 e. The Kier molecular flexibility index (Phi) is 17.4. The van der Waals surface area contributed by atoms with Crippen molar-refractivity contribution in [3.8, 4) is 0 Å². The van der Waals surface area contributed by atoms with Gasteiger partial charge in [-0.15, -0.1) is 0 Å². The summed E-state index contributed by atoms with van der Waals surface area (Å²) in [6.45, 7) is 5.86. The van der Waals surface area contributed by atoms with Crippen LogP contribution < -0.4 is 11.1 Å². The van der Waals surface area contributed by atoms with Crippen LogP contribution in [0.25, 0.3) is 0 Å². The Morgan fingerprint density at radius 2 is 1.19 bits per heavy atom. The van der Waals surface area contributed by atoms with Crippen molar-refractivity contribution in [3.63, 3.8) is 0 Å². The Labute approximate surface area is 162 Å². The Morgan fingerprint density at radius 3 is 1.54 bits per heavy atom. The van der Waals surface area contributed by atoms with Gasteiger partial charge in [-0.3, -0.25) is 10.1 Å². The summed E-state index contributed by atoms with van der Waals surface area (Å²) in [7, 11) is 0. The van der Waals surface area contributed by atoms with E-state index in [1.54, 1.807) is 6.92 Å². The van der Waals surface area contributed by atoms with E-state index < -0.39 is 6.23 Å². The van der Waals surface area contributed by atoms with E-state index in [9.17, 15) is 9.90 Å². The van der Waals surface area contributed by atoms with Gasteiger partial charge in [0.25, 0.3) is 0 Å². The highest BCUT2D eigenvalue weighted by molar-refractivity contribution is 5.77. The Balaban J connectivity index is 3.47. The van der Waals surface area contributed by atoms with Crippen molar-refractivity contribution < 1.29 is 9.90 Å². The third-order valence-corrected chi connectivity index (χ3v) is 5.34. The molecule has 0 spiro atoms.